The molecule has 0 spiro atoms. The molecule has 1 saturated heterocycles. The number of piperidine rings is 1. The molecule has 2 unspecified atom stereocenters. The van der Waals surface area contributed by atoms with Crippen molar-refractivity contribution in [3.63, 3.8) is 0 Å². The average molecular weight is 238 g/mol. The maximum Gasteiger partial charge on any atom is 0.389 e. The number of hydrogen-bond donors (Lipinski definition) is 2. The highest BCUT2D eigenvalue weighted by molar-refractivity contribution is 4.80. The van der Waals surface area contributed by atoms with Crippen molar-refractivity contribution in [3.05, 3.63) is 0 Å². The Morgan fingerprint density at radius 1 is 1.38 bits per heavy atom. The summed E-state index contributed by atoms with van der Waals surface area (Å²) in [6.07, 6.45) is -2.12. The van der Waals surface area contributed by atoms with Crippen LogP contribution in [0.2, 0.25) is 0 Å². The molecule has 0 aromatic rings. The summed E-state index contributed by atoms with van der Waals surface area (Å²) in [6.45, 7) is 4.44. The van der Waals surface area contributed by atoms with E-state index >= 15 is 0 Å². The molecule has 2 atom stereocenters. The first kappa shape index (κ1) is 13.8. The van der Waals surface area contributed by atoms with Gasteiger partial charge < -0.3 is 10.6 Å². The van der Waals surface area contributed by atoms with E-state index in [1.54, 1.807) is 0 Å². The van der Waals surface area contributed by atoms with E-state index in [2.05, 4.69) is 17.6 Å². The monoisotopic (exact) mass is 238 g/mol. The molecule has 2 N–H and O–H groups in total. The Balaban J connectivity index is 2.02. The SMILES string of the molecule is CC1CCCNC1CNCCCC(F)(F)F. The largest absolute Gasteiger partial charge is 0.389 e. The van der Waals surface area contributed by atoms with Gasteiger partial charge in [-0.2, -0.15) is 13.2 Å². The predicted molar refractivity (Wildman–Crippen MR) is 58.3 cm³/mol. The molecule has 0 aromatic heterocycles. The molecule has 0 aromatic carbocycles. The van der Waals surface area contributed by atoms with Crippen LogP contribution in [0.25, 0.3) is 0 Å². The Kier molecular flexibility index (Phi) is 5.55. The number of hydrogen-bond acceptors (Lipinski definition) is 2. The van der Waals surface area contributed by atoms with Crippen LogP contribution < -0.4 is 10.6 Å². The highest BCUT2D eigenvalue weighted by Crippen LogP contribution is 2.20. The topological polar surface area (TPSA) is 24.1 Å². The summed E-state index contributed by atoms with van der Waals surface area (Å²) in [4.78, 5) is 0. The van der Waals surface area contributed by atoms with Crippen molar-refractivity contribution in [2.24, 2.45) is 5.92 Å². The molecule has 1 fully saturated rings. The van der Waals surface area contributed by atoms with Crippen LogP contribution in [0.15, 0.2) is 0 Å². The lowest BCUT2D eigenvalue weighted by molar-refractivity contribution is -0.135. The zero-order valence-corrected chi connectivity index (χ0v) is 9.74. The molecular formula is C11H21F3N2. The van der Waals surface area contributed by atoms with Crippen molar-refractivity contribution in [2.45, 2.75) is 44.8 Å². The van der Waals surface area contributed by atoms with Gasteiger partial charge in [-0.05, 0) is 38.3 Å². The maximum absolute atomic E-state index is 11.9. The van der Waals surface area contributed by atoms with Crippen LogP contribution in [-0.2, 0) is 0 Å². The van der Waals surface area contributed by atoms with Gasteiger partial charge in [-0.25, -0.2) is 0 Å². The van der Waals surface area contributed by atoms with Gasteiger partial charge in [0.25, 0.3) is 0 Å². The van der Waals surface area contributed by atoms with Crippen LogP contribution in [0, 0.1) is 5.92 Å². The fraction of sp³-hybridized carbons (Fsp3) is 1.00. The van der Waals surface area contributed by atoms with Gasteiger partial charge in [0.15, 0.2) is 0 Å². The lowest BCUT2D eigenvalue weighted by Gasteiger charge is -2.30. The van der Waals surface area contributed by atoms with Crippen LogP contribution in [0.3, 0.4) is 0 Å². The number of rotatable bonds is 5. The van der Waals surface area contributed by atoms with Gasteiger partial charge in [0.05, 0.1) is 0 Å². The van der Waals surface area contributed by atoms with Crippen LogP contribution in [0.4, 0.5) is 13.2 Å². The van der Waals surface area contributed by atoms with E-state index in [9.17, 15) is 13.2 Å². The predicted octanol–water partition coefficient (Wildman–Crippen LogP) is 2.31. The van der Waals surface area contributed by atoms with E-state index in [1.165, 1.54) is 12.8 Å². The van der Waals surface area contributed by atoms with E-state index in [4.69, 9.17) is 0 Å². The first-order chi connectivity index (χ1) is 7.49. The number of nitrogens with one attached hydrogen (secondary N) is 2. The molecule has 16 heavy (non-hydrogen) atoms. The van der Waals surface area contributed by atoms with Gasteiger partial charge in [-0.3, -0.25) is 0 Å². The Hall–Kier alpha value is -0.290. The van der Waals surface area contributed by atoms with Crippen LogP contribution in [0.1, 0.15) is 32.6 Å². The molecule has 1 heterocycles. The fourth-order valence-electron chi connectivity index (χ4n) is 2.06. The Labute approximate surface area is 95.0 Å². The van der Waals surface area contributed by atoms with Gasteiger partial charge >= 0.3 is 6.18 Å². The maximum atomic E-state index is 11.9. The summed E-state index contributed by atoms with van der Waals surface area (Å²) in [7, 11) is 0. The van der Waals surface area contributed by atoms with E-state index < -0.39 is 12.6 Å². The van der Waals surface area contributed by atoms with E-state index in [0.29, 0.717) is 18.5 Å². The molecule has 96 valence electrons. The van der Waals surface area contributed by atoms with E-state index in [0.717, 1.165) is 13.1 Å². The van der Waals surface area contributed by atoms with Crippen LogP contribution >= 0.6 is 0 Å². The molecule has 0 bridgehead atoms. The van der Waals surface area contributed by atoms with Gasteiger partial charge in [-0.15, -0.1) is 0 Å². The highest BCUT2D eigenvalue weighted by atomic mass is 19.4. The quantitative estimate of drug-likeness (QED) is 0.718. The van der Waals surface area contributed by atoms with E-state index in [-0.39, 0.29) is 6.42 Å². The molecule has 1 aliphatic rings. The lowest BCUT2D eigenvalue weighted by atomic mass is 9.93. The average Bonchev–Trinajstić information content (AvgIpc) is 2.18. The Morgan fingerprint density at radius 3 is 2.75 bits per heavy atom. The third-order valence-corrected chi connectivity index (χ3v) is 3.11. The minimum absolute atomic E-state index is 0.171. The molecule has 0 amide bonds. The summed E-state index contributed by atoms with van der Waals surface area (Å²) < 4.78 is 35.6. The highest BCUT2D eigenvalue weighted by Gasteiger charge is 2.26. The second-order valence-corrected chi connectivity index (χ2v) is 4.60. The first-order valence-electron chi connectivity index (χ1n) is 6.00. The second-order valence-electron chi connectivity index (χ2n) is 4.60. The third kappa shape index (κ3) is 5.70. The van der Waals surface area contributed by atoms with Crippen LogP contribution in [-0.4, -0.2) is 31.9 Å². The molecule has 2 nitrogen and oxygen atoms in total. The van der Waals surface area contributed by atoms with Gasteiger partial charge in [-0.1, -0.05) is 6.92 Å². The standard InChI is InChI=1S/C11H21F3N2/c1-9-4-2-7-16-10(9)8-15-6-3-5-11(12,13)14/h9-10,15-16H,2-8H2,1H3. The normalized spacial score (nSPS) is 27.0. The van der Waals surface area contributed by atoms with Crippen molar-refractivity contribution in [1.29, 1.82) is 0 Å². The summed E-state index contributed by atoms with van der Waals surface area (Å²) in [5.41, 5.74) is 0. The zero-order valence-electron chi connectivity index (χ0n) is 9.74. The molecular weight excluding hydrogens is 217 g/mol. The zero-order chi connectivity index (χ0) is 12.0. The Bertz CT molecular complexity index is 194. The summed E-state index contributed by atoms with van der Waals surface area (Å²) >= 11 is 0. The summed E-state index contributed by atoms with van der Waals surface area (Å²) in [5, 5.41) is 6.49. The van der Waals surface area contributed by atoms with Crippen LogP contribution in [0.5, 0.6) is 0 Å². The van der Waals surface area contributed by atoms with Crippen molar-refractivity contribution in [2.75, 3.05) is 19.6 Å². The minimum atomic E-state index is -4.02. The number of alkyl halides is 3. The van der Waals surface area contributed by atoms with Crippen molar-refractivity contribution >= 4 is 0 Å². The van der Waals surface area contributed by atoms with Crippen molar-refractivity contribution in [3.8, 4) is 0 Å². The molecule has 1 aliphatic heterocycles. The molecule has 1 rings (SSSR count). The second kappa shape index (κ2) is 6.45. The molecule has 5 heteroatoms. The van der Waals surface area contributed by atoms with Gasteiger partial charge in [0.2, 0.25) is 0 Å². The smallest absolute Gasteiger partial charge is 0.315 e. The van der Waals surface area contributed by atoms with E-state index in [1.807, 2.05) is 0 Å². The Morgan fingerprint density at radius 2 is 2.12 bits per heavy atom. The first-order valence-corrected chi connectivity index (χ1v) is 6.00. The van der Waals surface area contributed by atoms with Crippen molar-refractivity contribution in [1.82, 2.24) is 10.6 Å². The van der Waals surface area contributed by atoms with Gasteiger partial charge in [0, 0.05) is 19.0 Å². The molecule has 0 radical (unpaired) electrons. The lowest BCUT2D eigenvalue weighted by Crippen LogP contribution is -2.46. The summed E-state index contributed by atoms with van der Waals surface area (Å²) in [5.74, 6) is 0.615. The molecule has 0 saturated carbocycles. The summed E-state index contributed by atoms with van der Waals surface area (Å²) in [6, 6.07) is 0.416. The molecule has 0 aliphatic carbocycles. The van der Waals surface area contributed by atoms with Crippen molar-refractivity contribution < 1.29 is 13.2 Å². The van der Waals surface area contributed by atoms with Gasteiger partial charge in [0.1, 0.15) is 0 Å². The number of halogens is 3. The third-order valence-electron chi connectivity index (χ3n) is 3.11. The minimum Gasteiger partial charge on any atom is -0.315 e. The fourth-order valence-corrected chi connectivity index (χ4v) is 2.06.